The van der Waals surface area contributed by atoms with E-state index in [1.54, 1.807) is 0 Å². The number of rotatable bonds is 7. The lowest BCUT2D eigenvalue weighted by Gasteiger charge is -2.09. The van der Waals surface area contributed by atoms with Crippen LogP contribution in [0.2, 0.25) is 0 Å². The van der Waals surface area contributed by atoms with Crippen molar-refractivity contribution in [3.8, 4) is 0 Å². The predicted molar refractivity (Wildman–Crippen MR) is 72.9 cm³/mol. The van der Waals surface area contributed by atoms with Crippen LogP contribution in [-0.4, -0.2) is 47.4 Å². The van der Waals surface area contributed by atoms with Gasteiger partial charge in [0.15, 0.2) is 9.84 Å². The summed E-state index contributed by atoms with van der Waals surface area (Å²) in [5.41, 5.74) is -0.161. The van der Waals surface area contributed by atoms with E-state index in [1.165, 1.54) is 7.11 Å². The van der Waals surface area contributed by atoms with Crippen molar-refractivity contribution >= 4 is 21.4 Å². The predicted octanol–water partition coefficient (Wildman–Crippen LogP) is 0.404. The molecule has 1 aromatic rings. The number of hydrogen-bond acceptors (Lipinski definition) is 5. The van der Waals surface area contributed by atoms with Crippen LogP contribution in [0.1, 0.15) is 0 Å². The first-order chi connectivity index (χ1) is 9.34. The summed E-state index contributed by atoms with van der Waals surface area (Å²) in [6.45, 7) is 0.910. The minimum Gasteiger partial charge on any atom is -0.383 e. The quantitative estimate of drug-likeness (QED) is 0.563. The summed E-state index contributed by atoms with van der Waals surface area (Å²) in [6.07, 6.45) is 1.01. The van der Waals surface area contributed by atoms with E-state index in [-0.39, 0.29) is 17.1 Å². The number of carbonyl (C=O) groups excluding carboxylic acids is 1. The standard InChI is InChI=1S/C12H17FN2O4S/c1-19-6-5-14-8-12(16)15-11-7-9(20(2,17)18)3-4-10(11)13/h3-4,7,14H,5-6,8H2,1-2H3,(H,15,16). The van der Waals surface area contributed by atoms with E-state index >= 15 is 0 Å². The highest BCUT2D eigenvalue weighted by molar-refractivity contribution is 7.90. The van der Waals surface area contributed by atoms with E-state index < -0.39 is 21.6 Å². The average molecular weight is 304 g/mol. The largest absolute Gasteiger partial charge is 0.383 e. The van der Waals surface area contributed by atoms with E-state index in [2.05, 4.69) is 10.6 Å². The molecule has 112 valence electrons. The van der Waals surface area contributed by atoms with Gasteiger partial charge in [0.1, 0.15) is 5.82 Å². The fourth-order valence-corrected chi connectivity index (χ4v) is 2.05. The van der Waals surface area contributed by atoms with Gasteiger partial charge in [-0.3, -0.25) is 4.79 Å². The van der Waals surface area contributed by atoms with Gasteiger partial charge in [-0.05, 0) is 18.2 Å². The second kappa shape index (κ2) is 7.32. The number of carbonyl (C=O) groups is 1. The molecule has 20 heavy (non-hydrogen) atoms. The zero-order valence-electron chi connectivity index (χ0n) is 11.3. The topological polar surface area (TPSA) is 84.5 Å². The van der Waals surface area contributed by atoms with Crippen molar-refractivity contribution in [2.24, 2.45) is 0 Å². The number of sulfone groups is 1. The van der Waals surface area contributed by atoms with Crippen LogP contribution in [-0.2, 0) is 19.4 Å². The Balaban J connectivity index is 2.69. The Hall–Kier alpha value is -1.51. The summed E-state index contributed by atoms with van der Waals surface area (Å²) in [5, 5.41) is 5.11. The molecule has 0 fully saturated rings. The molecule has 0 aliphatic rings. The molecule has 6 nitrogen and oxygen atoms in total. The van der Waals surface area contributed by atoms with Crippen molar-refractivity contribution in [2.75, 3.05) is 38.4 Å². The molecule has 8 heteroatoms. The van der Waals surface area contributed by atoms with Crippen molar-refractivity contribution in [1.29, 1.82) is 0 Å². The normalized spacial score (nSPS) is 11.3. The van der Waals surface area contributed by atoms with E-state index in [1.807, 2.05) is 0 Å². The van der Waals surface area contributed by atoms with Crippen molar-refractivity contribution < 1.29 is 22.3 Å². The number of nitrogens with one attached hydrogen (secondary N) is 2. The summed E-state index contributed by atoms with van der Waals surface area (Å²) < 4.78 is 41.0. The number of hydrogen-bond donors (Lipinski definition) is 2. The van der Waals surface area contributed by atoms with E-state index in [0.29, 0.717) is 13.2 Å². The minimum atomic E-state index is -3.45. The lowest BCUT2D eigenvalue weighted by molar-refractivity contribution is -0.115. The first-order valence-electron chi connectivity index (χ1n) is 5.83. The summed E-state index contributed by atoms with van der Waals surface area (Å²) in [6, 6.07) is 3.25. The van der Waals surface area contributed by atoms with E-state index in [4.69, 9.17) is 4.74 Å². The van der Waals surface area contributed by atoms with Crippen LogP contribution >= 0.6 is 0 Å². The Morgan fingerprint density at radius 2 is 2.10 bits per heavy atom. The van der Waals surface area contributed by atoms with Crippen LogP contribution in [0.5, 0.6) is 0 Å². The van der Waals surface area contributed by atoms with Gasteiger partial charge in [0.25, 0.3) is 0 Å². The Labute approximate surface area is 117 Å². The highest BCUT2D eigenvalue weighted by Crippen LogP contribution is 2.19. The molecule has 2 N–H and O–H groups in total. The van der Waals surface area contributed by atoms with E-state index in [0.717, 1.165) is 24.5 Å². The zero-order valence-corrected chi connectivity index (χ0v) is 12.1. The van der Waals surface area contributed by atoms with Gasteiger partial charge >= 0.3 is 0 Å². The fourth-order valence-electron chi connectivity index (χ4n) is 1.40. The molecule has 0 aliphatic carbocycles. The van der Waals surface area contributed by atoms with Gasteiger partial charge in [-0.1, -0.05) is 0 Å². The third-order valence-electron chi connectivity index (χ3n) is 2.41. The van der Waals surface area contributed by atoms with Gasteiger partial charge in [0, 0.05) is 19.9 Å². The Bertz CT molecular complexity index is 575. The van der Waals surface area contributed by atoms with Gasteiger partial charge in [0.05, 0.1) is 23.7 Å². The van der Waals surface area contributed by atoms with Gasteiger partial charge in [-0.25, -0.2) is 12.8 Å². The molecule has 0 aromatic heterocycles. The molecule has 0 bridgehead atoms. The number of amides is 1. The van der Waals surface area contributed by atoms with Crippen molar-refractivity contribution in [2.45, 2.75) is 4.90 Å². The lowest BCUT2D eigenvalue weighted by Crippen LogP contribution is -2.30. The Morgan fingerprint density at radius 1 is 1.40 bits per heavy atom. The molecule has 0 heterocycles. The molecule has 0 unspecified atom stereocenters. The van der Waals surface area contributed by atoms with Crippen LogP contribution in [0.15, 0.2) is 23.1 Å². The molecule has 0 saturated heterocycles. The van der Waals surface area contributed by atoms with E-state index in [9.17, 15) is 17.6 Å². The Kier molecular flexibility index (Phi) is 6.05. The highest BCUT2D eigenvalue weighted by Gasteiger charge is 2.12. The summed E-state index contributed by atoms with van der Waals surface area (Å²) in [4.78, 5) is 11.5. The van der Waals surface area contributed by atoms with Crippen molar-refractivity contribution in [3.63, 3.8) is 0 Å². The first kappa shape index (κ1) is 16.5. The number of anilines is 1. The molecule has 1 rings (SSSR count). The monoisotopic (exact) mass is 304 g/mol. The molecular formula is C12H17FN2O4S. The average Bonchev–Trinajstić information content (AvgIpc) is 2.36. The maximum atomic E-state index is 13.5. The van der Waals surface area contributed by atoms with Crippen molar-refractivity contribution in [1.82, 2.24) is 5.32 Å². The summed E-state index contributed by atoms with van der Waals surface area (Å²) in [7, 11) is -1.92. The second-order valence-electron chi connectivity index (χ2n) is 4.13. The fraction of sp³-hybridized carbons (Fsp3) is 0.417. The SMILES string of the molecule is COCCNCC(=O)Nc1cc(S(C)(=O)=O)ccc1F. The first-order valence-corrected chi connectivity index (χ1v) is 7.73. The maximum absolute atomic E-state index is 13.5. The smallest absolute Gasteiger partial charge is 0.238 e. The van der Waals surface area contributed by atoms with Crippen LogP contribution in [0, 0.1) is 5.82 Å². The van der Waals surface area contributed by atoms with Crippen molar-refractivity contribution in [3.05, 3.63) is 24.0 Å². The maximum Gasteiger partial charge on any atom is 0.238 e. The van der Waals surface area contributed by atoms with Gasteiger partial charge in [0.2, 0.25) is 5.91 Å². The van der Waals surface area contributed by atoms with Crippen LogP contribution in [0.3, 0.4) is 0 Å². The van der Waals surface area contributed by atoms with Crippen LogP contribution in [0.25, 0.3) is 0 Å². The molecule has 1 amide bonds. The molecule has 0 aliphatic heterocycles. The molecular weight excluding hydrogens is 287 g/mol. The van der Waals surface area contributed by atoms with Crippen LogP contribution in [0.4, 0.5) is 10.1 Å². The lowest BCUT2D eigenvalue weighted by atomic mass is 10.3. The molecule has 0 spiro atoms. The van der Waals surface area contributed by atoms with Crippen LogP contribution < -0.4 is 10.6 Å². The van der Waals surface area contributed by atoms with Gasteiger partial charge in [-0.15, -0.1) is 0 Å². The minimum absolute atomic E-state index is 0.0219. The third-order valence-corrected chi connectivity index (χ3v) is 3.52. The Morgan fingerprint density at radius 3 is 2.70 bits per heavy atom. The molecule has 0 atom stereocenters. The van der Waals surface area contributed by atoms with Gasteiger partial charge < -0.3 is 15.4 Å². The third kappa shape index (κ3) is 5.24. The molecule has 0 saturated carbocycles. The molecule has 1 aromatic carbocycles. The number of ether oxygens (including phenoxy) is 1. The molecule has 0 radical (unpaired) electrons. The number of benzene rings is 1. The number of methoxy groups -OCH3 is 1. The highest BCUT2D eigenvalue weighted by atomic mass is 32.2. The summed E-state index contributed by atoms with van der Waals surface area (Å²) in [5.74, 6) is -1.16. The number of halogens is 1. The zero-order chi connectivity index (χ0) is 15.2. The second-order valence-corrected chi connectivity index (χ2v) is 6.15. The van der Waals surface area contributed by atoms with Gasteiger partial charge in [-0.2, -0.15) is 0 Å². The summed E-state index contributed by atoms with van der Waals surface area (Å²) >= 11 is 0.